The number of nitrogens with one attached hydrogen (secondary N) is 2. The van der Waals surface area contributed by atoms with Crippen LogP contribution in [0.25, 0.3) is 11.0 Å². The molecule has 2 N–H and O–H groups in total. The number of carbonyl (C=O) groups is 2. The van der Waals surface area contributed by atoms with Crippen molar-refractivity contribution in [1.82, 2.24) is 19.7 Å². The van der Waals surface area contributed by atoms with Crippen molar-refractivity contribution < 1.29 is 14.3 Å². The number of aromatic nitrogens is 3. The van der Waals surface area contributed by atoms with Gasteiger partial charge < -0.3 is 19.9 Å². The first-order chi connectivity index (χ1) is 14.7. The molecule has 0 atom stereocenters. The molecule has 0 aliphatic carbocycles. The van der Waals surface area contributed by atoms with Gasteiger partial charge in [0, 0.05) is 43.2 Å². The van der Waals surface area contributed by atoms with Gasteiger partial charge in [-0.2, -0.15) is 5.10 Å². The zero-order chi connectivity index (χ0) is 22.7. The second-order valence-corrected chi connectivity index (χ2v) is 7.52. The van der Waals surface area contributed by atoms with E-state index in [2.05, 4.69) is 15.4 Å². The highest BCUT2D eigenvalue weighted by molar-refractivity contribution is 5.94. The number of benzene rings is 1. The highest BCUT2D eigenvalue weighted by Crippen LogP contribution is 2.21. The van der Waals surface area contributed by atoms with Gasteiger partial charge >= 0.3 is 0 Å². The number of methoxy groups -OCH3 is 1. The Morgan fingerprint density at radius 1 is 1.29 bits per heavy atom. The lowest BCUT2D eigenvalue weighted by Crippen LogP contribution is -2.35. The minimum Gasteiger partial charge on any atom is -0.497 e. The maximum Gasteiger partial charge on any atom is 0.253 e. The molecule has 2 heterocycles. The lowest BCUT2D eigenvalue weighted by atomic mass is 10.0. The van der Waals surface area contributed by atoms with E-state index in [0.29, 0.717) is 22.6 Å². The van der Waals surface area contributed by atoms with Crippen molar-refractivity contribution in [3.8, 4) is 5.75 Å². The summed E-state index contributed by atoms with van der Waals surface area (Å²) < 4.78 is 6.78. The van der Waals surface area contributed by atoms with Crippen LogP contribution in [0.3, 0.4) is 0 Å². The number of aryl methyl sites for hydroxylation is 3. The van der Waals surface area contributed by atoms with Gasteiger partial charge in [-0.1, -0.05) is 6.07 Å². The van der Waals surface area contributed by atoms with Crippen LogP contribution in [-0.4, -0.2) is 52.2 Å². The number of H-pyrrole nitrogens is 1. The van der Waals surface area contributed by atoms with E-state index in [-0.39, 0.29) is 36.8 Å². The Kier molecular flexibility index (Phi) is 6.43. The highest BCUT2D eigenvalue weighted by Gasteiger charge is 2.18. The average Bonchev–Trinajstić information content (AvgIpc) is 3.00. The van der Waals surface area contributed by atoms with Crippen molar-refractivity contribution >= 4 is 28.5 Å². The molecule has 0 fully saturated rings. The number of nitrogens with zero attached hydrogens (tertiary/aromatic N) is 3. The topological polar surface area (TPSA) is 109 Å². The van der Waals surface area contributed by atoms with E-state index in [1.54, 1.807) is 50.2 Å². The molecule has 0 aliphatic rings. The average molecular weight is 425 g/mol. The Bertz CT molecular complexity index is 1190. The van der Waals surface area contributed by atoms with Gasteiger partial charge in [0.15, 0.2) is 0 Å². The molecule has 0 bridgehead atoms. The standard InChI is InChI=1S/C22H27N5O4/c1-13-17(22(30)24-21-20(13)14(2)25-27(21)4)9-10-19(29)26(3)12-18(28)23-15-7-6-8-16(11-15)31-5/h6-8,11H,9-10,12H2,1-5H3,(H,23,28)(H,24,30). The third-order valence-electron chi connectivity index (χ3n) is 5.30. The number of rotatable bonds is 7. The molecule has 2 amide bonds. The Labute approximate surface area is 180 Å². The predicted molar refractivity (Wildman–Crippen MR) is 118 cm³/mol. The Morgan fingerprint density at radius 2 is 2.03 bits per heavy atom. The summed E-state index contributed by atoms with van der Waals surface area (Å²) >= 11 is 0. The van der Waals surface area contributed by atoms with Crippen LogP contribution in [0.2, 0.25) is 0 Å². The quantitative estimate of drug-likeness (QED) is 0.601. The van der Waals surface area contributed by atoms with Gasteiger partial charge in [0.25, 0.3) is 5.56 Å². The highest BCUT2D eigenvalue weighted by atomic mass is 16.5. The molecule has 0 radical (unpaired) electrons. The van der Waals surface area contributed by atoms with Crippen molar-refractivity contribution in [3.05, 3.63) is 51.4 Å². The summed E-state index contributed by atoms with van der Waals surface area (Å²) in [6.07, 6.45) is 0.407. The zero-order valence-corrected chi connectivity index (χ0v) is 18.4. The maximum atomic E-state index is 12.6. The van der Waals surface area contributed by atoms with Crippen molar-refractivity contribution in [2.45, 2.75) is 26.7 Å². The van der Waals surface area contributed by atoms with Crippen LogP contribution in [0.4, 0.5) is 5.69 Å². The summed E-state index contributed by atoms with van der Waals surface area (Å²) in [4.78, 5) is 41.6. The van der Waals surface area contributed by atoms with Crippen LogP contribution < -0.4 is 15.6 Å². The number of likely N-dealkylation sites (N-methyl/N-ethyl adjacent to an activating group) is 1. The minimum atomic E-state index is -0.314. The number of amides is 2. The molecule has 3 aromatic rings. The molecular formula is C22H27N5O4. The molecule has 0 saturated carbocycles. The van der Waals surface area contributed by atoms with Gasteiger partial charge in [-0.05, 0) is 38.0 Å². The third-order valence-corrected chi connectivity index (χ3v) is 5.30. The van der Waals surface area contributed by atoms with Crippen LogP contribution in [0.1, 0.15) is 23.2 Å². The molecular weight excluding hydrogens is 398 g/mol. The van der Waals surface area contributed by atoms with E-state index < -0.39 is 0 Å². The number of hydrogen-bond acceptors (Lipinski definition) is 5. The fourth-order valence-electron chi connectivity index (χ4n) is 3.68. The number of anilines is 1. The summed E-state index contributed by atoms with van der Waals surface area (Å²) in [5.74, 6) is 0.0942. The van der Waals surface area contributed by atoms with E-state index in [4.69, 9.17) is 4.74 Å². The molecule has 9 heteroatoms. The molecule has 0 aliphatic heterocycles. The number of hydrogen-bond donors (Lipinski definition) is 2. The van der Waals surface area contributed by atoms with E-state index in [0.717, 1.165) is 16.6 Å². The lowest BCUT2D eigenvalue weighted by molar-refractivity contribution is -0.133. The van der Waals surface area contributed by atoms with Gasteiger partial charge in [0.2, 0.25) is 11.8 Å². The van der Waals surface area contributed by atoms with Crippen molar-refractivity contribution in [2.24, 2.45) is 7.05 Å². The summed E-state index contributed by atoms with van der Waals surface area (Å²) in [6, 6.07) is 6.99. The molecule has 3 rings (SSSR count). The largest absolute Gasteiger partial charge is 0.497 e. The molecule has 0 unspecified atom stereocenters. The van der Waals surface area contributed by atoms with E-state index in [1.807, 2.05) is 13.8 Å². The third kappa shape index (κ3) is 4.76. The first-order valence-electron chi connectivity index (χ1n) is 9.94. The summed E-state index contributed by atoms with van der Waals surface area (Å²) in [5.41, 5.74) is 3.25. The van der Waals surface area contributed by atoms with Crippen LogP contribution in [0, 0.1) is 13.8 Å². The molecule has 0 spiro atoms. The van der Waals surface area contributed by atoms with Gasteiger partial charge in [0.05, 0.1) is 19.3 Å². The molecule has 31 heavy (non-hydrogen) atoms. The van der Waals surface area contributed by atoms with Gasteiger partial charge in [-0.25, -0.2) is 0 Å². The first kappa shape index (κ1) is 22.1. The van der Waals surface area contributed by atoms with Crippen molar-refractivity contribution in [1.29, 1.82) is 0 Å². The smallest absolute Gasteiger partial charge is 0.253 e. The number of carbonyl (C=O) groups excluding carboxylic acids is 2. The van der Waals surface area contributed by atoms with Crippen LogP contribution in [0.15, 0.2) is 29.1 Å². The fourth-order valence-corrected chi connectivity index (χ4v) is 3.68. The fraction of sp³-hybridized carbons (Fsp3) is 0.364. The molecule has 9 nitrogen and oxygen atoms in total. The van der Waals surface area contributed by atoms with Crippen molar-refractivity contribution in [3.63, 3.8) is 0 Å². The minimum absolute atomic E-state index is 0.0911. The van der Waals surface area contributed by atoms with Crippen LogP contribution in [0.5, 0.6) is 5.75 Å². The number of ether oxygens (including phenoxy) is 1. The molecule has 1 aromatic carbocycles. The molecule has 164 valence electrons. The second kappa shape index (κ2) is 9.03. The molecule has 2 aromatic heterocycles. The van der Waals surface area contributed by atoms with Crippen molar-refractivity contribution in [2.75, 3.05) is 26.0 Å². The van der Waals surface area contributed by atoms with E-state index >= 15 is 0 Å². The Balaban J connectivity index is 1.63. The summed E-state index contributed by atoms with van der Waals surface area (Å²) in [6.45, 7) is 3.67. The van der Waals surface area contributed by atoms with E-state index in [1.165, 1.54) is 4.90 Å². The second-order valence-electron chi connectivity index (χ2n) is 7.52. The Hall–Kier alpha value is -3.62. The Morgan fingerprint density at radius 3 is 2.74 bits per heavy atom. The summed E-state index contributed by atoms with van der Waals surface area (Å²) in [5, 5.41) is 8.00. The molecule has 0 saturated heterocycles. The number of aromatic amines is 1. The van der Waals surface area contributed by atoms with Crippen LogP contribution in [-0.2, 0) is 23.1 Å². The normalized spacial score (nSPS) is 10.9. The maximum absolute atomic E-state index is 12.6. The van der Waals surface area contributed by atoms with Gasteiger partial charge in [-0.3, -0.25) is 19.1 Å². The van der Waals surface area contributed by atoms with Gasteiger partial charge in [-0.15, -0.1) is 0 Å². The SMILES string of the molecule is COc1cccc(NC(=O)CN(C)C(=O)CCc2c(C)c3c(C)nn(C)c3[nH]c2=O)c1. The monoisotopic (exact) mass is 425 g/mol. The van der Waals surface area contributed by atoms with Gasteiger partial charge in [0.1, 0.15) is 11.4 Å². The zero-order valence-electron chi connectivity index (χ0n) is 18.4. The van der Waals surface area contributed by atoms with Crippen LogP contribution >= 0.6 is 0 Å². The predicted octanol–water partition coefficient (Wildman–Crippen LogP) is 1.92. The first-order valence-corrected chi connectivity index (χ1v) is 9.94. The lowest BCUT2D eigenvalue weighted by Gasteiger charge is -2.17. The number of fused-ring (bicyclic) bond motifs is 1. The number of pyridine rings is 1. The summed E-state index contributed by atoms with van der Waals surface area (Å²) in [7, 11) is 4.89. The van der Waals surface area contributed by atoms with E-state index in [9.17, 15) is 14.4 Å².